The monoisotopic (exact) mass is 390 g/mol. The summed E-state index contributed by atoms with van der Waals surface area (Å²) in [6, 6.07) is -2.50. The predicted octanol–water partition coefficient (Wildman–Crippen LogP) is 0.296. The van der Waals surface area contributed by atoms with Crippen molar-refractivity contribution in [3.8, 4) is 0 Å². The van der Waals surface area contributed by atoms with Crippen molar-refractivity contribution in [1.29, 1.82) is 0 Å². The minimum atomic E-state index is -1.08. The largest absolute Gasteiger partial charge is 0.480 e. The van der Waals surface area contributed by atoms with Crippen LogP contribution in [0.2, 0.25) is 0 Å². The fraction of sp³-hybridized carbons (Fsp3) is 0.824. The number of nitrogens with one attached hydrogen (secondary N) is 2. The molecule has 0 rings (SSSR count). The molecule has 0 aromatic heterocycles. The Labute approximate surface area is 160 Å². The summed E-state index contributed by atoms with van der Waals surface area (Å²) >= 11 is 1.54. The number of aliphatic carboxylic acids is 1. The van der Waals surface area contributed by atoms with Crippen molar-refractivity contribution in [2.45, 2.75) is 64.1 Å². The molecule has 0 saturated heterocycles. The fourth-order valence-electron chi connectivity index (χ4n) is 2.36. The van der Waals surface area contributed by atoms with Gasteiger partial charge in [-0.3, -0.25) is 9.59 Å². The highest BCUT2D eigenvalue weighted by Crippen LogP contribution is 2.10. The van der Waals surface area contributed by atoms with Gasteiger partial charge in [-0.2, -0.15) is 11.8 Å². The fourth-order valence-corrected chi connectivity index (χ4v) is 2.83. The average molecular weight is 391 g/mol. The summed E-state index contributed by atoms with van der Waals surface area (Å²) in [6.07, 6.45) is 4.93. The molecule has 0 aromatic carbocycles. The Kier molecular flexibility index (Phi) is 13.1. The van der Waals surface area contributed by atoms with Crippen LogP contribution in [0.15, 0.2) is 0 Å². The Morgan fingerprint density at radius 1 is 1.12 bits per heavy atom. The highest BCUT2D eigenvalue weighted by molar-refractivity contribution is 7.98. The van der Waals surface area contributed by atoms with Crippen molar-refractivity contribution < 1.29 is 19.5 Å². The third-order valence-corrected chi connectivity index (χ3v) is 4.97. The molecule has 9 heteroatoms. The molecular weight excluding hydrogens is 356 g/mol. The van der Waals surface area contributed by atoms with Gasteiger partial charge in [-0.1, -0.05) is 26.7 Å². The molecule has 7 N–H and O–H groups in total. The van der Waals surface area contributed by atoms with E-state index >= 15 is 0 Å². The van der Waals surface area contributed by atoms with Gasteiger partial charge in [-0.15, -0.1) is 0 Å². The van der Waals surface area contributed by atoms with Crippen molar-refractivity contribution in [3.63, 3.8) is 0 Å². The first-order valence-corrected chi connectivity index (χ1v) is 10.5. The molecule has 0 aliphatic heterocycles. The van der Waals surface area contributed by atoms with Crippen molar-refractivity contribution in [3.05, 3.63) is 0 Å². The van der Waals surface area contributed by atoms with Crippen molar-refractivity contribution in [1.82, 2.24) is 10.6 Å². The van der Waals surface area contributed by atoms with E-state index < -0.39 is 35.9 Å². The summed E-state index contributed by atoms with van der Waals surface area (Å²) in [7, 11) is 0. The standard InChI is InChI=1S/C17H34N4O4S/c1-4-11(2)14(17(24)25)21-16(23)13(8-10-26-3)20-15(22)12(19)7-5-6-9-18/h11-14H,4-10,18-19H2,1-3H3,(H,20,22)(H,21,23)(H,24,25)/t11-,12-,13-,14-/m0/s1. The van der Waals surface area contributed by atoms with Gasteiger partial charge in [-0.05, 0) is 43.7 Å². The van der Waals surface area contributed by atoms with Crippen LogP contribution in [0.3, 0.4) is 0 Å². The lowest BCUT2D eigenvalue weighted by Crippen LogP contribution is -2.55. The van der Waals surface area contributed by atoms with Gasteiger partial charge in [0.05, 0.1) is 6.04 Å². The quantitative estimate of drug-likeness (QED) is 0.268. The van der Waals surface area contributed by atoms with Crippen LogP contribution in [0.5, 0.6) is 0 Å². The molecule has 0 fully saturated rings. The number of hydrogen-bond acceptors (Lipinski definition) is 6. The number of carbonyl (C=O) groups is 3. The molecular formula is C17H34N4O4S. The van der Waals surface area contributed by atoms with Gasteiger partial charge < -0.3 is 27.2 Å². The highest BCUT2D eigenvalue weighted by atomic mass is 32.2. The Morgan fingerprint density at radius 3 is 2.27 bits per heavy atom. The van der Waals surface area contributed by atoms with Crippen LogP contribution in [0, 0.1) is 5.92 Å². The van der Waals surface area contributed by atoms with E-state index in [2.05, 4.69) is 10.6 Å². The molecule has 0 bridgehead atoms. The minimum Gasteiger partial charge on any atom is -0.480 e. The molecule has 26 heavy (non-hydrogen) atoms. The van der Waals surface area contributed by atoms with Gasteiger partial charge in [0.25, 0.3) is 0 Å². The van der Waals surface area contributed by atoms with E-state index in [0.717, 1.165) is 12.8 Å². The zero-order chi connectivity index (χ0) is 20.1. The van der Waals surface area contributed by atoms with Crippen molar-refractivity contribution in [2.24, 2.45) is 17.4 Å². The van der Waals surface area contributed by atoms with Crippen LogP contribution in [0.25, 0.3) is 0 Å². The van der Waals surface area contributed by atoms with Crippen LogP contribution in [-0.4, -0.2) is 59.6 Å². The normalized spacial score (nSPS) is 15.6. The number of rotatable bonds is 14. The lowest BCUT2D eigenvalue weighted by molar-refractivity contribution is -0.143. The maximum Gasteiger partial charge on any atom is 0.326 e. The summed E-state index contributed by atoms with van der Waals surface area (Å²) in [4.78, 5) is 36.2. The first kappa shape index (κ1) is 24.7. The second-order valence-electron chi connectivity index (χ2n) is 6.44. The smallest absolute Gasteiger partial charge is 0.326 e. The molecule has 0 radical (unpaired) electrons. The van der Waals surface area contributed by atoms with Gasteiger partial charge in [0.15, 0.2) is 0 Å². The number of carboxylic acids is 1. The van der Waals surface area contributed by atoms with E-state index in [1.54, 1.807) is 18.7 Å². The number of carboxylic acid groups (broad SMARTS) is 1. The molecule has 2 amide bonds. The maximum absolute atomic E-state index is 12.5. The van der Waals surface area contributed by atoms with Crippen LogP contribution in [-0.2, 0) is 14.4 Å². The van der Waals surface area contributed by atoms with Crippen molar-refractivity contribution >= 4 is 29.5 Å². The SMILES string of the molecule is CC[C@H](C)[C@H](NC(=O)[C@H](CCSC)NC(=O)[C@@H](N)CCCCN)C(=O)O. The Hall–Kier alpha value is -1.32. The zero-order valence-electron chi connectivity index (χ0n) is 16.0. The Morgan fingerprint density at radius 2 is 1.77 bits per heavy atom. The Balaban J connectivity index is 4.91. The number of carbonyl (C=O) groups excluding carboxylic acids is 2. The summed E-state index contributed by atoms with van der Waals surface area (Å²) in [5, 5.41) is 14.6. The van der Waals surface area contributed by atoms with Gasteiger partial charge in [-0.25, -0.2) is 4.79 Å². The maximum atomic E-state index is 12.5. The number of nitrogens with two attached hydrogens (primary N) is 2. The van der Waals surface area contributed by atoms with E-state index in [-0.39, 0.29) is 5.92 Å². The summed E-state index contributed by atoms with van der Waals surface area (Å²) in [6.45, 7) is 4.17. The predicted molar refractivity (Wildman–Crippen MR) is 105 cm³/mol. The highest BCUT2D eigenvalue weighted by Gasteiger charge is 2.30. The van der Waals surface area contributed by atoms with E-state index in [9.17, 15) is 19.5 Å². The molecule has 4 atom stereocenters. The summed E-state index contributed by atoms with van der Waals surface area (Å²) in [5.74, 6) is -1.54. The van der Waals surface area contributed by atoms with Gasteiger partial charge in [0.1, 0.15) is 12.1 Å². The van der Waals surface area contributed by atoms with Crippen LogP contribution in [0.1, 0.15) is 46.0 Å². The first-order valence-electron chi connectivity index (χ1n) is 9.06. The topological polar surface area (TPSA) is 148 Å². The number of unbranched alkanes of at least 4 members (excludes halogenated alkanes) is 1. The van der Waals surface area contributed by atoms with Crippen molar-refractivity contribution in [2.75, 3.05) is 18.6 Å². The first-order chi connectivity index (χ1) is 12.3. The molecule has 0 aliphatic carbocycles. The molecule has 8 nitrogen and oxygen atoms in total. The van der Waals surface area contributed by atoms with Gasteiger partial charge >= 0.3 is 5.97 Å². The number of amides is 2. The van der Waals surface area contributed by atoms with Crippen LogP contribution in [0.4, 0.5) is 0 Å². The lowest BCUT2D eigenvalue weighted by Gasteiger charge is -2.25. The molecule has 0 unspecified atom stereocenters. The van der Waals surface area contributed by atoms with Gasteiger partial charge in [0.2, 0.25) is 11.8 Å². The van der Waals surface area contributed by atoms with E-state index in [1.807, 2.05) is 13.2 Å². The lowest BCUT2D eigenvalue weighted by atomic mass is 9.98. The Bertz CT molecular complexity index is 450. The second kappa shape index (κ2) is 13.8. The third kappa shape index (κ3) is 9.40. The van der Waals surface area contributed by atoms with E-state index in [4.69, 9.17) is 11.5 Å². The zero-order valence-corrected chi connectivity index (χ0v) is 16.8. The average Bonchev–Trinajstić information content (AvgIpc) is 2.61. The molecule has 0 spiro atoms. The second-order valence-corrected chi connectivity index (χ2v) is 7.43. The van der Waals surface area contributed by atoms with E-state index in [0.29, 0.717) is 31.6 Å². The summed E-state index contributed by atoms with van der Waals surface area (Å²) < 4.78 is 0. The third-order valence-electron chi connectivity index (χ3n) is 4.33. The van der Waals surface area contributed by atoms with Gasteiger partial charge in [0, 0.05) is 0 Å². The van der Waals surface area contributed by atoms with Crippen LogP contribution >= 0.6 is 11.8 Å². The van der Waals surface area contributed by atoms with Crippen LogP contribution < -0.4 is 22.1 Å². The molecule has 0 aromatic rings. The summed E-state index contributed by atoms with van der Waals surface area (Å²) in [5.41, 5.74) is 11.3. The number of hydrogen-bond donors (Lipinski definition) is 5. The molecule has 0 heterocycles. The van der Waals surface area contributed by atoms with E-state index in [1.165, 1.54) is 0 Å². The number of thioether (sulfide) groups is 1. The molecule has 0 saturated carbocycles. The minimum absolute atomic E-state index is 0.216. The molecule has 0 aliphatic rings. The molecule has 152 valence electrons.